The first-order valence-electron chi connectivity index (χ1n) is 7.24. The molecule has 0 heterocycles. The van der Waals surface area contributed by atoms with Crippen molar-refractivity contribution in [3.8, 4) is 0 Å². The van der Waals surface area contributed by atoms with E-state index in [1.54, 1.807) is 0 Å². The van der Waals surface area contributed by atoms with E-state index in [-0.39, 0.29) is 0 Å². The molecule has 0 saturated heterocycles. The highest BCUT2D eigenvalue weighted by atomic mass is 16.2. The second kappa shape index (κ2) is 6.09. The van der Waals surface area contributed by atoms with Gasteiger partial charge in [0.1, 0.15) is 0 Å². The number of carbonyl (C=O) groups excluding carboxylic acids is 1. The summed E-state index contributed by atoms with van der Waals surface area (Å²) in [5.41, 5.74) is 7.70. The maximum absolute atomic E-state index is 12.4. The van der Waals surface area contributed by atoms with E-state index in [0.29, 0.717) is 30.8 Å². The van der Waals surface area contributed by atoms with Gasteiger partial charge in [0.25, 0.3) is 0 Å². The van der Waals surface area contributed by atoms with Crippen molar-refractivity contribution in [2.45, 2.75) is 52.1 Å². The fraction of sp³-hybridized carbons (Fsp3) is 0.562. The molecule has 3 heteroatoms. The van der Waals surface area contributed by atoms with Crippen LogP contribution in [0.1, 0.15) is 45.1 Å². The molecule has 2 rings (SSSR count). The van der Waals surface area contributed by atoms with E-state index in [1.165, 1.54) is 0 Å². The van der Waals surface area contributed by atoms with Crippen molar-refractivity contribution >= 4 is 11.6 Å². The van der Waals surface area contributed by atoms with Crippen LogP contribution in [-0.4, -0.2) is 16.8 Å². The van der Waals surface area contributed by atoms with Gasteiger partial charge in [-0.25, -0.2) is 0 Å². The van der Waals surface area contributed by atoms with E-state index in [9.17, 15) is 4.79 Å². The van der Waals surface area contributed by atoms with E-state index < -0.39 is 0 Å². The van der Waals surface area contributed by atoms with Gasteiger partial charge in [0.15, 0.2) is 0 Å². The molecule has 0 radical (unpaired) electrons. The zero-order valence-electron chi connectivity index (χ0n) is 11.9. The monoisotopic (exact) mass is 260 g/mol. The molecule has 0 spiro atoms. The number of benzene rings is 1. The van der Waals surface area contributed by atoms with Gasteiger partial charge in [-0.1, -0.05) is 32.4 Å². The Balaban J connectivity index is 2.02. The van der Waals surface area contributed by atoms with Gasteiger partial charge >= 0.3 is 0 Å². The van der Waals surface area contributed by atoms with Gasteiger partial charge in [-0.2, -0.15) is 0 Å². The molecule has 1 aliphatic carbocycles. The average Bonchev–Trinajstić information content (AvgIpc) is 3.20. The Morgan fingerprint density at radius 1 is 1.47 bits per heavy atom. The second-order valence-electron chi connectivity index (χ2n) is 5.72. The molecule has 3 nitrogen and oxygen atoms in total. The lowest BCUT2D eigenvalue weighted by atomic mass is 10.0. The number of hydrogen-bond acceptors (Lipinski definition) is 2. The van der Waals surface area contributed by atoms with Crippen LogP contribution in [0.4, 0.5) is 5.69 Å². The van der Waals surface area contributed by atoms with Crippen molar-refractivity contribution in [1.82, 2.24) is 4.90 Å². The van der Waals surface area contributed by atoms with Crippen LogP contribution in [0.5, 0.6) is 0 Å². The van der Waals surface area contributed by atoms with Gasteiger partial charge in [0, 0.05) is 24.7 Å². The maximum atomic E-state index is 12.4. The lowest BCUT2D eigenvalue weighted by Gasteiger charge is -2.24. The molecule has 0 bridgehead atoms. The highest BCUT2D eigenvalue weighted by Gasteiger charge is 2.32. The summed E-state index contributed by atoms with van der Waals surface area (Å²) in [6, 6.07) is 8.30. The highest BCUT2D eigenvalue weighted by molar-refractivity contribution is 5.77. The number of nitrogen functional groups attached to an aromatic ring is 1. The third kappa shape index (κ3) is 3.98. The Morgan fingerprint density at radius 3 is 2.79 bits per heavy atom. The Labute approximate surface area is 115 Å². The van der Waals surface area contributed by atoms with Gasteiger partial charge < -0.3 is 10.6 Å². The van der Waals surface area contributed by atoms with Crippen LogP contribution in [0, 0.1) is 5.92 Å². The van der Waals surface area contributed by atoms with E-state index in [1.807, 2.05) is 29.2 Å². The molecule has 1 aromatic carbocycles. The third-order valence-electron chi connectivity index (χ3n) is 3.83. The summed E-state index contributed by atoms with van der Waals surface area (Å²) < 4.78 is 0. The predicted molar refractivity (Wildman–Crippen MR) is 78.5 cm³/mol. The first-order valence-corrected chi connectivity index (χ1v) is 7.24. The summed E-state index contributed by atoms with van der Waals surface area (Å²) in [7, 11) is 0. The maximum Gasteiger partial charge on any atom is 0.223 e. The summed E-state index contributed by atoms with van der Waals surface area (Å²) in [4.78, 5) is 14.4. The Morgan fingerprint density at radius 2 is 2.21 bits per heavy atom. The first kappa shape index (κ1) is 13.9. The molecule has 1 aliphatic rings. The van der Waals surface area contributed by atoms with Crippen LogP contribution in [0.2, 0.25) is 0 Å². The third-order valence-corrected chi connectivity index (χ3v) is 3.83. The number of nitrogens with two attached hydrogens (primary N) is 1. The quantitative estimate of drug-likeness (QED) is 0.798. The van der Waals surface area contributed by atoms with Crippen LogP contribution >= 0.6 is 0 Å². The van der Waals surface area contributed by atoms with E-state index in [4.69, 9.17) is 5.73 Å². The summed E-state index contributed by atoms with van der Waals surface area (Å²) in [6.07, 6.45) is 4.01. The summed E-state index contributed by atoms with van der Waals surface area (Å²) in [5, 5.41) is 0. The molecule has 0 aliphatic heterocycles. The molecule has 104 valence electrons. The molecule has 1 unspecified atom stereocenters. The summed E-state index contributed by atoms with van der Waals surface area (Å²) in [6.45, 7) is 4.98. The van der Waals surface area contributed by atoms with Crippen LogP contribution in [-0.2, 0) is 11.3 Å². The van der Waals surface area contributed by atoms with Gasteiger partial charge in [0.05, 0.1) is 0 Å². The smallest absolute Gasteiger partial charge is 0.223 e. The molecule has 19 heavy (non-hydrogen) atoms. The normalized spacial score (nSPS) is 16.1. The molecule has 1 amide bonds. The van der Waals surface area contributed by atoms with Gasteiger partial charge in [-0.05, 0) is 36.5 Å². The van der Waals surface area contributed by atoms with Crippen molar-refractivity contribution in [3.63, 3.8) is 0 Å². The topological polar surface area (TPSA) is 46.3 Å². The minimum absolute atomic E-state index is 0.291. The van der Waals surface area contributed by atoms with Gasteiger partial charge in [-0.3, -0.25) is 4.79 Å². The molecular formula is C16H24N2O. The van der Waals surface area contributed by atoms with Crippen LogP contribution in [0.15, 0.2) is 24.3 Å². The lowest BCUT2D eigenvalue weighted by molar-refractivity contribution is -0.133. The molecule has 2 N–H and O–H groups in total. The average molecular weight is 260 g/mol. The van der Waals surface area contributed by atoms with Gasteiger partial charge in [0.2, 0.25) is 5.91 Å². The van der Waals surface area contributed by atoms with Crippen molar-refractivity contribution in [2.24, 2.45) is 5.92 Å². The number of hydrogen-bond donors (Lipinski definition) is 1. The largest absolute Gasteiger partial charge is 0.399 e. The van der Waals surface area contributed by atoms with E-state index in [0.717, 1.165) is 30.5 Å². The van der Waals surface area contributed by atoms with Crippen molar-refractivity contribution in [1.29, 1.82) is 0 Å². The predicted octanol–water partition coefficient (Wildman–Crippen LogP) is 3.20. The number of nitrogens with zero attached hydrogens (tertiary/aromatic N) is 1. The number of anilines is 1. The minimum atomic E-state index is 0.291. The van der Waals surface area contributed by atoms with E-state index >= 15 is 0 Å². The van der Waals surface area contributed by atoms with Crippen LogP contribution in [0.25, 0.3) is 0 Å². The van der Waals surface area contributed by atoms with Crippen molar-refractivity contribution in [2.75, 3.05) is 5.73 Å². The Bertz CT molecular complexity index is 440. The van der Waals surface area contributed by atoms with Crippen LogP contribution < -0.4 is 5.73 Å². The number of rotatable bonds is 6. The standard InChI is InChI=1S/C16H24N2O/c1-3-12(2)9-16(19)18(15-7-8-15)11-13-5-4-6-14(17)10-13/h4-6,10,12,15H,3,7-9,11,17H2,1-2H3. The fourth-order valence-corrected chi connectivity index (χ4v) is 2.25. The number of carbonyl (C=O) groups is 1. The number of amides is 1. The molecular weight excluding hydrogens is 236 g/mol. The van der Waals surface area contributed by atoms with Crippen LogP contribution in [0.3, 0.4) is 0 Å². The molecule has 0 aromatic heterocycles. The van der Waals surface area contributed by atoms with Crippen molar-refractivity contribution in [3.05, 3.63) is 29.8 Å². The molecule has 1 aromatic rings. The summed E-state index contributed by atoms with van der Waals surface area (Å²) in [5.74, 6) is 0.758. The first-order chi connectivity index (χ1) is 9.10. The second-order valence-corrected chi connectivity index (χ2v) is 5.72. The molecule has 1 fully saturated rings. The zero-order chi connectivity index (χ0) is 13.8. The minimum Gasteiger partial charge on any atom is -0.399 e. The Hall–Kier alpha value is -1.51. The SMILES string of the molecule is CCC(C)CC(=O)N(Cc1cccc(N)c1)C1CC1. The Kier molecular flexibility index (Phi) is 4.46. The fourth-order valence-electron chi connectivity index (χ4n) is 2.25. The highest BCUT2D eigenvalue weighted by Crippen LogP contribution is 2.30. The molecule has 1 atom stereocenters. The van der Waals surface area contributed by atoms with E-state index in [2.05, 4.69) is 13.8 Å². The summed E-state index contributed by atoms with van der Waals surface area (Å²) >= 11 is 0. The molecule has 1 saturated carbocycles. The van der Waals surface area contributed by atoms with Gasteiger partial charge in [-0.15, -0.1) is 0 Å². The zero-order valence-corrected chi connectivity index (χ0v) is 11.9. The van der Waals surface area contributed by atoms with Crippen molar-refractivity contribution < 1.29 is 4.79 Å². The lowest BCUT2D eigenvalue weighted by Crippen LogP contribution is -2.33.